The highest BCUT2D eigenvalue weighted by molar-refractivity contribution is 5.69. The summed E-state index contributed by atoms with van der Waals surface area (Å²) in [5, 5.41) is 8.96. The van der Waals surface area contributed by atoms with Crippen molar-refractivity contribution in [2.24, 2.45) is 0 Å². The van der Waals surface area contributed by atoms with E-state index in [2.05, 4.69) is 57.9 Å². The minimum atomic E-state index is -0.444. The third kappa shape index (κ3) is 5.42. The number of amides is 1. The Balaban J connectivity index is 1.31. The van der Waals surface area contributed by atoms with E-state index in [-0.39, 0.29) is 18.2 Å². The molecule has 0 spiro atoms. The van der Waals surface area contributed by atoms with Crippen molar-refractivity contribution >= 4 is 12.0 Å². The number of likely N-dealkylation sites (tertiary alicyclic amines) is 1. The van der Waals surface area contributed by atoms with E-state index in [1.54, 1.807) is 0 Å². The van der Waals surface area contributed by atoms with Crippen molar-refractivity contribution in [3.05, 3.63) is 53.9 Å². The first-order valence-corrected chi connectivity index (χ1v) is 11.6. The van der Waals surface area contributed by atoms with Gasteiger partial charge in [-0.1, -0.05) is 30.3 Å². The number of piperazine rings is 1. The molecular weight excluding hydrogens is 416 g/mol. The molecule has 8 nitrogen and oxygen atoms in total. The molecule has 2 aliphatic heterocycles. The summed E-state index contributed by atoms with van der Waals surface area (Å²) in [7, 11) is 0. The van der Waals surface area contributed by atoms with Crippen molar-refractivity contribution in [1.29, 1.82) is 5.26 Å². The molecular formula is C25H32N6O2. The molecule has 174 valence electrons. The van der Waals surface area contributed by atoms with E-state index < -0.39 is 5.60 Å². The minimum absolute atomic E-state index is 0.0327. The zero-order valence-electron chi connectivity index (χ0n) is 19.6. The van der Waals surface area contributed by atoms with Crippen LogP contribution in [0.3, 0.4) is 0 Å². The summed E-state index contributed by atoms with van der Waals surface area (Å²) in [6.45, 7) is 10.0. The van der Waals surface area contributed by atoms with Gasteiger partial charge < -0.3 is 14.5 Å². The Bertz CT molecular complexity index is 982. The van der Waals surface area contributed by atoms with Crippen LogP contribution in [0.15, 0.2) is 42.7 Å². The lowest BCUT2D eigenvalue weighted by Crippen LogP contribution is -2.59. The summed E-state index contributed by atoms with van der Waals surface area (Å²) < 4.78 is 6.08. The SMILES string of the molecule is C[C@@H]1CN(c2ncc(C#N)cn2)[C@@H](C)CN1C(=O)OC1(C)CCN(Cc2ccccc2)CC1. The molecule has 2 aliphatic rings. The Morgan fingerprint density at radius 3 is 2.42 bits per heavy atom. The highest BCUT2D eigenvalue weighted by atomic mass is 16.6. The van der Waals surface area contributed by atoms with Gasteiger partial charge in [0.05, 0.1) is 18.0 Å². The number of hydrogen-bond acceptors (Lipinski definition) is 7. The summed E-state index contributed by atoms with van der Waals surface area (Å²) in [5.74, 6) is 0.583. The van der Waals surface area contributed by atoms with Crippen LogP contribution in [0.5, 0.6) is 0 Å². The quantitative estimate of drug-likeness (QED) is 0.708. The molecule has 3 heterocycles. The van der Waals surface area contributed by atoms with E-state index in [0.717, 1.165) is 32.5 Å². The predicted octanol–water partition coefficient (Wildman–Crippen LogP) is 3.44. The molecule has 2 aromatic rings. The molecule has 0 radical (unpaired) electrons. The van der Waals surface area contributed by atoms with E-state index in [1.165, 1.54) is 18.0 Å². The number of rotatable bonds is 4. The Kier molecular flexibility index (Phi) is 6.80. The maximum absolute atomic E-state index is 13.1. The first kappa shape index (κ1) is 23.0. The number of nitriles is 1. The van der Waals surface area contributed by atoms with E-state index in [4.69, 9.17) is 10.00 Å². The highest BCUT2D eigenvalue weighted by Crippen LogP contribution is 2.29. The molecule has 0 N–H and O–H groups in total. The molecule has 1 aromatic heterocycles. The van der Waals surface area contributed by atoms with Crippen LogP contribution in [-0.4, -0.2) is 69.7 Å². The van der Waals surface area contributed by atoms with E-state index in [9.17, 15) is 4.79 Å². The maximum Gasteiger partial charge on any atom is 0.410 e. The Morgan fingerprint density at radius 2 is 1.79 bits per heavy atom. The van der Waals surface area contributed by atoms with Crippen molar-refractivity contribution in [3.8, 4) is 6.07 Å². The maximum atomic E-state index is 13.1. The molecule has 0 unspecified atom stereocenters. The van der Waals surface area contributed by atoms with Gasteiger partial charge in [0, 0.05) is 44.8 Å². The molecule has 0 bridgehead atoms. The molecule has 4 rings (SSSR count). The van der Waals surface area contributed by atoms with Crippen molar-refractivity contribution < 1.29 is 9.53 Å². The second-order valence-corrected chi connectivity index (χ2v) is 9.47. The van der Waals surface area contributed by atoms with Gasteiger partial charge in [-0.05, 0) is 39.2 Å². The summed E-state index contributed by atoms with van der Waals surface area (Å²) >= 11 is 0. The molecule has 0 aliphatic carbocycles. The lowest BCUT2D eigenvalue weighted by molar-refractivity contribution is -0.0441. The molecule has 0 saturated carbocycles. The Morgan fingerprint density at radius 1 is 1.12 bits per heavy atom. The number of carbonyl (C=O) groups excluding carboxylic acids is 1. The van der Waals surface area contributed by atoms with Gasteiger partial charge in [0.25, 0.3) is 0 Å². The highest BCUT2D eigenvalue weighted by Gasteiger charge is 2.39. The number of nitrogens with zero attached hydrogens (tertiary/aromatic N) is 6. The number of piperidine rings is 1. The molecule has 1 amide bonds. The standard InChI is InChI=1S/C25H32N6O2/c1-19-17-31(20(2)16-30(19)23-27-14-22(13-26)15-28-23)24(32)33-25(3)9-11-29(12-10-25)18-21-7-5-4-6-8-21/h4-8,14-15,19-20H,9-12,16-18H2,1-3H3/t19-,20+/m0/s1. The molecule has 8 heteroatoms. The zero-order valence-corrected chi connectivity index (χ0v) is 19.6. The van der Waals surface area contributed by atoms with Crippen molar-refractivity contribution in [1.82, 2.24) is 19.8 Å². The van der Waals surface area contributed by atoms with Crippen molar-refractivity contribution in [2.75, 3.05) is 31.1 Å². The minimum Gasteiger partial charge on any atom is -0.443 e. The van der Waals surface area contributed by atoms with E-state index in [1.807, 2.05) is 24.0 Å². The van der Waals surface area contributed by atoms with Crippen molar-refractivity contribution in [3.63, 3.8) is 0 Å². The molecule has 2 saturated heterocycles. The van der Waals surface area contributed by atoms with Gasteiger partial charge in [-0.3, -0.25) is 4.90 Å². The van der Waals surface area contributed by atoms with Gasteiger partial charge >= 0.3 is 6.09 Å². The van der Waals surface area contributed by atoms with Gasteiger partial charge in [-0.2, -0.15) is 5.26 Å². The number of hydrogen-bond donors (Lipinski definition) is 0. The van der Waals surface area contributed by atoms with Gasteiger partial charge in [-0.15, -0.1) is 0 Å². The van der Waals surface area contributed by atoms with Gasteiger partial charge in [0.1, 0.15) is 11.7 Å². The fourth-order valence-electron chi connectivity index (χ4n) is 4.58. The third-order valence-corrected chi connectivity index (χ3v) is 6.74. The number of aromatic nitrogens is 2. The van der Waals surface area contributed by atoms with Crippen molar-refractivity contribution in [2.45, 2.75) is 57.8 Å². The van der Waals surface area contributed by atoms with Crippen LogP contribution in [0.2, 0.25) is 0 Å². The van der Waals surface area contributed by atoms with Crippen LogP contribution in [0, 0.1) is 11.3 Å². The fraction of sp³-hybridized carbons (Fsp3) is 0.520. The third-order valence-electron chi connectivity index (χ3n) is 6.74. The Labute approximate surface area is 195 Å². The molecule has 2 atom stereocenters. The lowest BCUT2D eigenvalue weighted by atomic mass is 9.93. The predicted molar refractivity (Wildman–Crippen MR) is 126 cm³/mol. The number of ether oxygens (including phenoxy) is 1. The average Bonchev–Trinajstić information content (AvgIpc) is 2.82. The lowest BCUT2D eigenvalue weighted by Gasteiger charge is -2.45. The molecule has 2 fully saturated rings. The zero-order chi connectivity index (χ0) is 23.4. The van der Waals surface area contributed by atoms with E-state index in [0.29, 0.717) is 24.6 Å². The fourth-order valence-corrected chi connectivity index (χ4v) is 4.58. The number of carbonyl (C=O) groups is 1. The number of benzene rings is 1. The van der Waals surface area contributed by atoms with Crippen LogP contribution >= 0.6 is 0 Å². The first-order valence-electron chi connectivity index (χ1n) is 11.6. The summed E-state index contributed by atoms with van der Waals surface area (Å²) in [6.07, 6.45) is 4.48. The summed E-state index contributed by atoms with van der Waals surface area (Å²) in [4.78, 5) is 28.1. The first-order chi connectivity index (χ1) is 15.9. The van der Waals surface area contributed by atoms with Crippen LogP contribution in [0.1, 0.15) is 44.7 Å². The number of anilines is 1. The smallest absolute Gasteiger partial charge is 0.410 e. The normalized spacial score (nSPS) is 23.1. The van der Waals surface area contributed by atoms with E-state index >= 15 is 0 Å². The summed E-state index contributed by atoms with van der Waals surface area (Å²) in [5.41, 5.74) is 1.30. The van der Waals surface area contributed by atoms with Gasteiger partial charge in [0.2, 0.25) is 5.95 Å². The summed E-state index contributed by atoms with van der Waals surface area (Å²) in [6, 6.07) is 12.5. The molecule has 1 aromatic carbocycles. The van der Waals surface area contributed by atoms with Crippen LogP contribution in [-0.2, 0) is 11.3 Å². The largest absolute Gasteiger partial charge is 0.443 e. The van der Waals surface area contributed by atoms with Crippen LogP contribution in [0.4, 0.5) is 10.7 Å². The topological polar surface area (TPSA) is 85.6 Å². The second-order valence-electron chi connectivity index (χ2n) is 9.47. The van der Waals surface area contributed by atoms with Gasteiger partial charge in [-0.25, -0.2) is 14.8 Å². The average molecular weight is 449 g/mol. The second kappa shape index (κ2) is 9.75. The Hall–Kier alpha value is -3.18. The monoisotopic (exact) mass is 448 g/mol. The molecule has 33 heavy (non-hydrogen) atoms. The van der Waals surface area contributed by atoms with Gasteiger partial charge in [0.15, 0.2) is 0 Å². The van der Waals surface area contributed by atoms with Crippen LogP contribution < -0.4 is 4.90 Å². The van der Waals surface area contributed by atoms with Crippen LogP contribution in [0.25, 0.3) is 0 Å².